The Morgan fingerprint density at radius 3 is 2.38 bits per heavy atom. The SMILES string of the molecule is C=CCCOC(=O)CCC(NC(=O)OC(C)(C)C)C(C)C. The first-order valence-electron chi connectivity index (χ1n) is 7.41. The topological polar surface area (TPSA) is 64.6 Å². The lowest BCUT2D eigenvalue weighted by Crippen LogP contribution is -2.42. The number of alkyl carbamates (subject to hydrolysis) is 1. The second-order valence-electron chi connectivity index (χ2n) is 6.33. The van der Waals surface area contributed by atoms with Crippen LogP contribution in [0.25, 0.3) is 0 Å². The zero-order chi connectivity index (χ0) is 16.5. The quantitative estimate of drug-likeness (QED) is 0.423. The van der Waals surface area contributed by atoms with Gasteiger partial charge in [0.25, 0.3) is 0 Å². The average Bonchev–Trinajstić information content (AvgIpc) is 2.32. The Hall–Kier alpha value is -1.52. The lowest BCUT2D eigenvalue weighted by molar-refractivity contribution is -0.143. The number of hydrogen-bond donors (Lipinski definition) is 1. The second-order valence-corrected chi connectivity index (χ2v) is 6.33. The number of carbonyl (C=O) groups is 2. The fraction of sp³-hybridized carbons (Fsp3) is 0.750. The van der Waals surface area contributed by atoms with Crippen LogP contribution < -0.4 is 5.32 Å². The van der Waals surface area contributed by atoms with Gasteiger partial charge in [-0.05, 0) is 39.5 Å². The molecule has 21 heavy (non-hydrogen) atoms. The minimum absolute atomic E-state index is 0.119. The van der Waals surface area contributed by atoms with Crippen LogP contribution in [-0.4, -0.2) is 30.3 Å². The summed E-state index contributed by atoms with van der Waals surface area (Å²) in [4.78, 5) is 23.3. The second kappa shape index (κ2) is 9.42. The summed E-state index contributed by atoms with van der Waals surface area (Å²) in [6, 6.07) is -0.119. The Labute approximate surface area is 128 Å². The number of carbonyl (C=O) groups excluding carboxylic acids is 2. The van der Waals surface area contributed by atoms with Crippen LogP contribution in [0.5, 0.6) is 0 Å². The van der Waals surface area contributed by atoms with Crippen molar-refractivity contribution in [1.82, 2.24) is 5.32 Å². The van der Waals surface area contributed by atoms with E-state index in [2.05, 4.69) is 11.9 Å². The maximum atomic E-state index is 11.8. The highest BCUT2D eigenvalue weighted by Gasteiger charge is 2.22. The number of ether oxygens (including phenoxy) is 2. The first-order valence-corrected chi connectivity index (χ1v) is 7.41. The van der Waals surface area contributed by atoms with Crippen molar-refractivity contribution in [3.05, 3.63) is 12.7 Å². The third-order valence-corrected chi connectivity index (χ3v) is 2.75. The smallest absolute Gasteiger partial charge is 0.407 e. The van der Waals surface area contributed by atoms with Crippen molar-refractivity contribution < 1.29 is 19.1 Å². The van der Waals surface area contributed by atoms with E-state index in [1.807, 2.05) is 34.6 Å². The highest BCUT2D eigenvalue weighted by atomic mass is 16.6. The van der Waals surface area contributed by atoms with Crippen molar-refractivity contribution in [2.75, 3.05) is 6.61 Å². The van der Waals surface area contributed by atoms with E-state index in [0.29, 0.717) is 19.4 Å². The van der Waals surface area contributed by atoms with Gasteiger partial charge in [0.15, 0.2) is 0 Å². The molecule has 0 heterocycles. The molecule has 0 bridgehead atoms. The Kier molecular flexibility index (Phi) is 8.74. The zero-order valence-electron chi connectivity index (χ0n) is 13.9. The summed E-state index contributed by atoms with van der Waals surface area (Å²) in [6.07, 6.45) is 2.70. The molecule has 0 aromatic carbocycles. The highest BCUT2D eigenvalue weighted by Crippen LogP contribution is 2.12. The van der Waals surface area contributed by atoms with E-state index in [1.165, 1.54) is 0 Å². The van der Waals surface area contributed by atoms with Crippen molar-refractivity contribution >= 4 is 12.1 Å². The summed E-state index contributed by atoms with van der Waals surface area (Å²) in [5.74, 6) is -0.0491. The molecule has 0 saturated carbocycles. The molecular weight excluding hydrogens is 270 g/mol. The van der Waals surface area contributed by atoms with Crippen LogP contribution >= 0.6 is 0 Å². The first kappa shape index (κ1) is 19.5. The van der Waals surface area contributed by atoms with Gasteiger partial charge in [-0.1, -0.05) is 19.9 Å². The predicted octanol–water partition coefficient (Wildman–Crippen LogP) is 3.44. The highest BCUT2D eigenvalue weighted by molar-refractivity contribution is 5.70. The largest absolute Gasteiger partial charge is 0.465 e. The van der Waals surface area contributed by atoms with Crippen LogP contribution in [0.1, 0.15) is 53.9 Å². The molecule has 0 spiro atoms. The Morgan fingerprint density at radius 1 is 1.29 bits per heavy atom. The third kappa shape index (κ3) is 10.9. The van der Waals surface area contributed by atoms with E-state index in [1.54, 1.807) is 6.08 Å². The summed E-state index contributed by atoms with van der Waals surface area (Å²) in [5.41, 5.74) is -0.533. The summed E-state index contributed by atoms with van der Waals surface area (Å²) < 4.78 is 10.3. The lowest BCUT2D eigenvalue weighted by Gasteiger charge is -2.25. The molecule has 5 nitrogen and oxygen atoms in total. The van der Waals surface area contributed by atoms with Gasteiger partial charge >= 0.3 is 12.1 Å². The van der Waals surface area contributed by atoms with Crippen LogP contribution in [0.3, 0.4) is 0 Å². The van der Waals surface area contributed by atoms with Gasteiger partial charge in [0.1, 0.15) is 5.60 Å². The number of nitrogens with one attached hydrogen (secondary N) is 1. The maximum absolute atomic E-state index is 11.8. The number of rotatable bonds is 8. The van der Waals surface area contributed by atoms with Crippen molar-refractivity contribution in [3.63, 3.8) is 0 Å². The molecule has 1 atom stereocenters. The molecule has 0 saturated heterocycles. The van der Waals surface area contributed by atoms with Gasteiger partial charge in [0, 0.05) is 12.5 Å². The molecule has 5 heteroatoms. The van der Waals surface area contributed by atoms with Gasteiger partial charge in [-0.2, -0.15) is 0 Å². The van der Waals surface area contributed by atoms with E-state index in [0.717, 1.165) is 0 Å². The molecule has 1 unspecified atom stereocenters. The first-order chi connectivity index (χ1) is 9.65. The Bertz CT molecular complexity index is 345. The number of esters is 1. The standard InChI is InChI=1S/C16H29NO4/c1-7-8-11-20-14(18)10-9-13(12(2)3)17-15(19)21-16(4,5)6/h7,12-13H,1,8-11H2,2-6H3,(H,17,19). The van der Waals surface area contributed by atoms with Gasteiger partial charge in [0.2, 0.25) is 0 Å². The Morgan fingerprint density at radius 2 is 1.90 bits per heavy atom. The normalized spacial score (nSPS) is 12.7. The van der Waals surface area contributed by atoms with Gasteiger partial charge < -0.3 is 14.8 Å². The van der Waals surface area contributed by atoms with E-state index < -0.39 is 11.7 Å². The van der Waals surface area contributed by atoms with Gasteiger partial charge in [-0.25, -0.2) is 4.79 Å². The van der Waals surface area contributed by atoms with Gasteiger partial charge in [-0.3, -0.25) is 4.79 Å². The summed E-state index contributed by atoms with van der Waals surface area (Å²) >= 11 is 0. The minimum Gasteiger partial charge on any atom is -0.465 e. The molecule has 0 aliphatic carbocycles. The van der Waals surface area contributed by atoms with Gasteiger partial charge in [-0.15, -0.1) is 6.58 Å². The molecule has 122 valence electrons. The van der Waals surface area contributed by atoms with E-state index in [4.69, 9.17) is 9.47 Å². The molecular formula is C16H29NO4. The predicted molar refractivity (Wildman–Crippen MR) is 83.0 cm³/mol. The lowest BCUT2D eigenvalue weighted by atomic mass is 9.99. The number of amides is 1. The van der Waals surface area contributed by atoms with Crippen molar-refractivity contribution in [2.24, 2.45) is 5.92 Å². The van der Waals surface area contributed by atoms with Crippen LogP contribution in [0.2, 0.25) is 0 Å². The van der Waals surface area contributed by atoms with Gasteiger partial charge in [0.05, 0.1) is 6.61 Å². The van der Waals surface area contributed by atoms with E-state index >= 15 is 0 Å². The number of hydrogen-bond acceptors (Lipinski definition) is 4. The van der Waals surface area contributed by atoms with Crippen LogP contribution in [-0.2, 0) is 14.3 Å². The molecule has 0 fully saturated rings. The average molecular weight is 299 g/mol. The van der Waals surface area contributed by atoms with Crippen LogP contribution in [0.15, 0.2) is 12.7 Å². The molecule has 0 aromatic heterocycles. The summed E-state index contributed by atoms with van der Waals surface area (Å²) in [5, 5.41) is 2.81. The molecule has 0 aliphatic heterocycles. The van der Waals surface area contributed by atoms with Crippen LogP contribution in [0.4, 0.5) is 4.79 Å². The summed E-state index contributed by atoms with van der Waals surface area (Å²) in [6.45, 7) is 13.3. The Balaban J connectivity index is 4.22. The van der Waals surface area contributed by atoms with Crippen molar-refractivity contribution in [3.8, 4) is 0 Å². The van der Waals surface area contributed by atoms with Crippen LogP contribution in [0, 0.1) is 5.92 Å². The zero-order valence-corrected chi connectivity index (χ0v) is 13.9. The fourth-order valence-electron chi connectivity index (χ4n) is 1.63. The van der Waals surface area contributed by atoms with Crippen molar-refractivity contribution in [1.29, 1.82) is 0 Å². The third-order valence-electron chi connectivity index (χ3n) is 2.75. The summed E-state index contributed by atoms with van der Waals surface area (Å²) in [7, 11) is 0. The molecule has 1 amide bonds. The minimum atomic E-state index is -0.533. The fourth-order valence-corrected chi connectivity index (χ4v) is 1.63. The molecule has 0 rings (SSSR count). The molecule has 1 N–H and O–H groups in total. The molecule has 0 aliphatic rings. The van der Waals surface area contributed by atoms with E-state index in [9.17, 15) is 9.59 Å². The van der Waals surface area contributed by atoms with Crippen molar-refractivity contribution in [2.45, 2.75) is 65.5 Å². The monoisotopic (exact) mass is 299 g/mol. The maximum Gasteiger partial charge on any atom is 0.407 e. The van der Waals surface area contributed by atoms with E-state index in [-0.39, 0.29) is 24.3 Å². The molecule has 0 radical (unpaired) electrons. The molecule has 0 aromatic rings.